The van der Waals surface area contributed by atoms with Gasteiger partial charge in [-0.1, -0.05) is 138 Å². The zero-order valence-corrected chi connectivity index (χ0v) is 27.0. The fourth-order valence-electron chi connectivity index (χ4n) is 6.23. The van der Waals surface area contributed by atoms with Gasteiger partial charge in [-0.3, -0.25) is 0 Å². The predicted octanol–water partition coefficient (Wildman–Crippen LogP) is 11.5. The second kappa shape index (κ2) is 12.6. The topological polar surface area (TPSA) is 0 Å². The molecule has 4 aromatic rings. The van der Waals surface area contributed by atoms with Crippen LogP contribution in [0.4, 0.5) is 0 Å². The first kappa shape index (κ1) is 29.2. The standard InChI is InChI=1S/C36H48P2/c1-10-27(8)38(28(9)11-2)36-26(7)22-30-17-13-15-19-33(30)35(36)34-31(23-37(24(3)4)25(5)6)21-20-29-16-12-14-18-32(29)34/h12-22,24-25,27-28H,10-11,23H2,1-9H3. The van der Waals surface area contributed by atoms with E-state index in [1.54, 1.807) is 16.4 Å². The van der Waals surface area contributed by atoms with Crippen LogP contribution >= 0.6 is 15.8 Å². The molecule has 0 aliphatic heterocycles. The van der Waals surface area contributed by atoms with Crippen molar-refractivity contribution in [2.45, 2.75) is 104 Å². The minimum Gasteiger partial charge on any atom is -0.0969 e. The van der Waals surface area contributed by atoms with Gasteiger partial charge < -0.3 is 0 Å². The van der Waals surface area contributed by atoms with Crippen molar-refractivity contribution in [3.05, 3.63) is 77.9 Å². The summed E-state index contributed by atoms with van der Waals surface area (Å²) < 4.78 is 0. The van der Waals surface area contributed by atoms with Crippen molar-refractivity contribution in [2.24, 2.45) is 0 Å². The molecule has 202 valence electrons. The molecule has 38 heavy (non-hydrogen) atoms. The summed E-state index contributed by atoms with van der Waals surface area (Å²) in [6.45, 7) is 21.9. The molecule has 2 heteroatoms. The molecule has 2 atom stereocenters. The summed E-state index contributed by atoms with van der Waals surface area (Å²) in [5.74, 6) is 0. The van der Waals surface area contributed by atoms with Crippen molar-refractivity contribution in [3.8, 4) is 11.1 Å². The lowest BCUT2D eigenvalue weighted by Crippen LogP contribution is -2.23. The Morgan fingerprint density at radius 1 is 0.632 bits per heavy atom. The average molecular weight is 543 g/mol. The Bertz CT molecular complexity index is 1370. The third kappa shape index (κ3) is 5.74. The fraction of sp³-hybridized carbons (Fsp3) is 0.444. The lowest BCUT2D eigenvalue weighted by atomic mass is 9.89. The maximum atomic E-state index is 2.51. The molecule has 0 saturated heterocycles. The summed E-state index contributed by atoms with van der Waals surface area (Å²) in [5, 5.41) is 7.26. The number of fused-ring (bicyclic) bond motifs is 2. The maximum Gasteiger partial charge on any atom is -0.00164 e. The largest absolute Gasteiger partial charge is 0.0969 e. The van der Waals surface area contributed by atoms with E-state index < -0.39 is 0 Å². The monoisotopic (exact) mass is 542 g/mol. The third-order valence-corrected chi connectivity index (χ3v) is 15.6. The smallest absolute Gasteiger partial charge is 0.00164 e. The van der Waals surface area contributed by atoms with E-state index >= 15 is 0 Å². The van der Waals surface area contributed by atoms with E-state index in [1.165, 1.54) is 51.7 Å². The molecule has 0 aromatic heterocycles. The Morgan fingerprint density at radius 3 is 1.71 bits per heavy atom. The molecule has 0 N–H and O–H groups in total. The summed E-state index contributed by atoms with van der Waals surface area (Å²) in [6, 6.07) is 25.6. The van der Waals surface area contributed by atoms with E-state index in [-0.39, 0.29) is 15.8 Å². The predicted molar refractivity (Wildman–Crippen MR) is 179 cm³/mol. The molecule has 0 fully saturated rings. The highest BCUT2D eigenvalue weighted by Gasteiger charge is 2.30. The Kier molecular flexibility index (Phi) is 9.72. The fourth-order valence-corrected chi connectivity index (χ4v) is 12.3. The molecule has 0 bridgehead atoms. The molecule has 0 radical (unpaired) electrons. The number of aryl methyl sites for hydroxylation is 1. The summed E-state index contributed by atoms with van der Waals surface area (Å²) >= 11 is 0. The molecule has 4 rings (SSSR count). The Hall–Kier alpha value is -1.74. The first-order valence-electron chi connectivity index (χ1n) is 14.8. The Morgan fingerprint density at radius 2 is 1.16 bits per heavy atom. The summed E-state index contributed by atoms with van der Waals surface area (Å²) in [6.07, 6.45) is 3.66. The van der Waals surface area contributed by atoms with Gasteiger partial charge in [-0.05, 0) is 97.7 Å². The van der Waals surface area contributed by atoms with Crippen molar-refractivity contribution in [3.63, 3.8) is 0 Å². The lowest BCUT2D eigenvalue weighted by molar-refractivity contribution is 0.839. The van der Waals surface area contributed by atoms with Crippen LogP contribution in [0.2, 0.25) is 0 Å². The zero-order chi connectivity index (χ0) is 27.6. The SMILES string of the molecule is CCC(C)P(c1c(C)cc2ccccc2c1-c1c(CP(C(C)C)C(C)C)ccc2ccccc12)C(C)CC. The zero-order valence-electron chi connectivity index (χ0n) is 25.2. The van der Waals surface area contributed by atoms with Crippen molar-refractivity contribution in [1.29, 1.82) is 0 Å². The van der Waals surface area contributed by atoms with Gasteiger partial charge in [-0.25, -0.2) is 0 Å². The van der Waals surface area contributed by atoms with Crippen molar-refractivity contribution >= 4 is 42.7 Å². The highest BCUT2D eigenvalue weighted by atomic mass is 31.1. The molecule has 0 aliphatic carbocycles. The second-order valence-corrected chi connectivity index (χ2v) is 18.2. The molecule has 0 saturated carbocycles. The molecular weight excluding hydrogens is 494 g/mol. The van der Waals surface area contributed by atoms with Crippen molar-refractivity contribution in [2.75, 3.05) is 0 Å². The quantitative estimate of drug-likeness (QED) is 0.175. The summed E-state index contributed by atoms with van der Waals surface area (Å²) in [4.78, 5) is 0. The van der Waals surface area contributed by atoms with E-state index in [0.717, 1.165) is 11.3 Å². The summed E-state index contributed by atoms with van der Waals surface area (Å²) in [5.41, 5.74) is 8.93. The first-order chi connectivity index (χ1) is 18.2. The van der Waals surface area contributed by atoms with Gasteiger partial charge in [0.2, 0.25) is 0 Å². The van der Waals surface area contributed by atoms with Crippen LogP contribution in [0.3, 0.4) is 0 Å². The van der Waals surface area contributed by atoms with Gasteiger partial charge >= 0.3 is 0 Å². The minimum absolute atomic E-state index is 0.119. The van der Waals surface area contributed by atoms with Gasteiger partial charge in [0.05, 0.1) is 0 Å². The molecule has 0 spiro atoms. The highest BCUT2D eigenvalue weighted by Crippen LogP contribution is 2.55. The van der Waals surface area contributed by atoms with Gasteiger partial charge in [-0.2, -0.15) is 0 Å². The van der Waals surface area contributed by atoms with Crippen LogP contribution < -0.4 is 5.30 Å². The van der Waals surface area contributed by atoms with Crippen LogP contribution in [-0.4, -0.2) is 22.6 Å². The van der Waals surface area contributed by atoms with E-state index in [2.05, 4.69) is 129 Å². The van der Waals surface area contributed by atoms with Gasteiger partial charge in [0.25, 0.3) is 0 Å². The van der Waals surface area contributed by atoms with E-state index in [9.17, 15) is 0 Å². The van der Waals surface area contributed by atoms with Crippen LogP contribution in [0.15, 0.2) is 66.7 Å². The van der Waals surface area contributed by atoms with Crippen LogP contribution in [0.25, 0.3) is 32.7 Å². The van der Waals surface area contributed by atoms with Gasteiger partial charge in [0.15, 0.2) is 0 Å². The van der Waals surface area contributed by atoms with Gasteiger partial charge in [0.1, 0.15) is 0 Å². The molecule has 0 nitrogen and oxygen atoms in total. The van der Waals surface area contributed by atoms with E-state index in [1.807, 2.05) is 0 Å². The van der Waals surface area contributed by atoms with Crippen LogP contribution in [0.5, 0.6) is 0 Å². The number of hydrogen-bond donors (Lipinski definition) is 0. The third-order valence-electron chi connectivity index (χ3n) is 8.55. The normalized spacial score (nSPS) is 14.6. The summed E-state index contributed by atoms with van der Waals surface area (Å²) in [7, 11) is -0.443. The minimum atomic E-state index is -0.325. The first-order valence-corrected chi connectivity index (χ1v) is 17.9. The lowest BCUT2D eigenvalue weighted by Gasteiger charge is -2.35. The molecule has 0 heterocycles. The van der Waals surface area contributed by atoms with Crippen molar-refractivity contribution < 1.29 is 0 Å². The second-order valence-electron chi connectivity index (χ2n) is 11.7. The average Bonchev–Trinajstić information content (AvgIpc) is 2.91. The number of rotatable bonds is 10. The molecule has 2 unspecified atom stereocenters. The number of hydrogen-bond acceptors (Lipinski definition) is 0. The van der Waals surface area contributed by atoms with Crippen LogP contribution in [0, 0.1) is 6.92 Å². The van der Waals surface area contributed by atoms with E-state index in [4.69, 9.17) is 0 Å². The Labute approximate surface area is 235 Å². The molecular formula is C36H48P2. The Balaban J connectivity index is 2.17. The highest BCUT2D eigenvalue weighted by molar-refractivity contribution is 7.67. The van der Waals surface area contributed by atoms with Gasteiger partial charge in [0, 0.05) is 0 Å². The molecule has 0 aliphatic rings. The molecule has 4 aromatic carbocycles. The van der Waals surface area contributed by atoms with Crippen LogP contribution in [-0.2, 0) is 6.16 Å². The van der Waals surface area contributed by atoms with Gasteiger partial charge in [-0.15, -0.1) is 0 Å². The maximum absolute atomic E-state index is 2.51. The number of benzene rings is 4. The van der Waals surface area contributed by atoms with Crippen molar-refractivity contribution in [1.82, 2.24) is 0 Å². The van der Waals surface area contributed by atoms with Crippen LogP contribution in [0.1, 0.15) is 79.4 Å². The molecule has 0 amide bonds. The van der Waals surface area contributed by atoms with E-state index in [0.29, 0.717) is 11.3 Å².